The number of nitrogens with one attached hydrogen (secondary N) is 2. The number of nitrogens with zero attached hydrogens (tertiary/aromatic N) is 1. The van der Waals surface area contributed by atoms with Gasteiger partial charge >= 0.3 is 0 Å². The van der Waals surface area contributed by atoms with Crippen LogP contribution in [0.2, 0.25) is 0 Å². The molecule has 6 nitrogen and oxygen atoms in total. The van der Waals surface area contributed by atoms with Crippen LogP contribution >= 0.6 is 0 Å². The average Bonchev–Trinajstić information content (AvgIpc) is 3.03. The number of carbonyl (C=O) groups is 1. The molecule has 1 amide bonds. The summed E-state index contributed by atoms with van der Waals surface area (Å²) in [5.41, 5.74) is 3.11. The zero-order valence-electron chi connectivity index (χ0n) is 14.0. The first-order valence-electron chi connectivity index (χ1n) is 8.61. The molecule has 0 bridgehead atoms. The molecule has 0 aromatic heterocycles. The van der Waals surface area contributed by atoms with E-state index in [2.05, 4.69) is 10.6 Å². The summed E-state index contributed by atoms with van der Waals surface area (Å²) in [6.07, 6.45) is 1.97. The Bertz CT molecular complexity index is 710. The van der Waals surface area contributed by atoms with E-state index >= 15 is 0 Å². The molecule has 0 atom stereocenters. The van der Waals surface area contributed by atoms with Gasteiger partial charge in [-0.2, -0.15) is 0 Å². The highest BCUT2D eigenvalue weighted by atomic mass is 32.2. The summed E-state index contributed by atoms with van der Waals surface area (Å²) in [6.45, 7) is 4.52. The summed E-state index contributed by atoms with van der Waals surface area (Å²) < 4.78 is 25.7. The molecule has 2 aliphatic heterocycles. The molecule has 24 heavy (non-hydrogen) atoms. The van der Waals surface area contributed by atoms with Gasteiger partial charge in [0.25, 0.3) is 5.91 Å². The number of hydrogen-bond donors (Lipinski definition) is 2. The lowest BCUT2D eigenvalue weighted by Gasteiger charge is -2.31. The Morgan fingerprint density at radius 2 is 1.96 bits per heavy atom. The summed E-state index contributed by atoms with van der Waals surface area (Å²) in [5, 5.41) is 6.32. The Morgan fingerprint density at radius 1 is 1.25 bits per heavy atom. The molecule has 1 saturated heterocycles. The predicted molar refractivity (Wildman–Crippen MR) is 93.1 cm³/mol. The first kappa shape index (κ1) is 17.4. The Hall–Kier alpha value is -1.44. The van der Waals surface area contributed by atoms with E-state index in [0.717, 1.165) is 13.1 Å². The van der Waals surface area contributed by atoms with Gasteiger partial charge in [0.1, 0.15) is 0 Å². The van der Waals surface area contributed by atoms with Crippen LogP contribution in [-0.4, -0.2) is 43.5 Å². The van der Waals surface area contributed by atoms with E-state index in [1.165, 1.54) is 11.1 Å². The molecule has 0 spiro atoms. The van der Waals surface area contributed by atoms with E-state index < -0.39 is 10.0 Å². The maximum absolute atomic E-state index is 12.4. The lowest BCUT2D eigenvalue weighted by Crippen LogP contribution is -2.47. The molecule has 3 rings (SSSR count). The summed E-state index contributed by atoms with van der Waals surface area (Å²) in [5.74, 6) is 0.132. The summed E-state index contributed by atoms with van der Waals surface area (Å²) in [4.78, 5) is 12.4. The van der Waals surface area contributed by atoms with Gasteiger partial charge in [-0.25, -0.2) is 12.7 Å². The standard InChI is InChI=1S/C17H25N3O3S/c1-2-9-24(22,23)20-7-5-16(6-8-20)19-17(21)13-3-4-14-11-18-12-15(14)10-13/h3-4,10,16,18H,2,5-9,11-12H2,1H3,(H,19,21). The van der Waals surface area contributed by atoms with Crippen molar-refractivity contribution in [3.05, 3.63) is 34.9 Å². The zero-order chi connectivity index (χ0) is 17.2. The van der Waals surface area contributed by atoms with Gasteiger partial charge < -0.3 is 10.6 Å². The van der Waals surface area contributed by atoms with Crippen molar-refractivity contribution in [1.82, 2.24) is 14.9 Å². The van der Waals surface area contributed by atoms with E-state index in [1.807, 2.05) is 25.1 Å². The highest BCUT2D eigenvalue weighted by Gasteiger charge is 2.28. The SMILES string of the molecule is CCCS(=O)(=O)N1CCC(NC(=O)c2ccc3c(c2)CNC3)CC1. The number of amides is 1. The molecular weight excluding hydrogens is 326 g/mol. The van der Waals surface area contributed by atoms with Crippen molar-refractivity contribution in [2.75, 3.05) is 18.8 Å². The molecule has 7 heteroatoms. The lowest BCUT2D eigenvalue weighted by molar-refractivity contribution is 0.0923. The maximum atomic E-state index is 12.4. The van der Waals surface area contributed by atoms with Gasteiger partial charge in [-0.3, -0.25) is 4.79 Å². The van der Waals surface area contributed by atoms with E-state index in [-0.39, 0.29) is 17.7 Å². The Labute approximate surface area is 143 Å². The van der Waals surface area contributed by atoms with Gasteiger partial charge in [-0.1, -0.05) is 13.0 Å². The van der Waals surface area contributed by atoms with Crippen molar-refractivity contribution >= 4 is 15.9 Å². The van der Waals surface area contributed by atoms with Crippen LogP contribution in [0.15, 0.2) is 18.2 Å². The lowest BCUT2D eigenvalue weighted by atomic mass is 10.0. The molecule has 0 radical (unpaired) electrons. The van der Waals surface area contributed by atoms with Gasteiger partial charge in [0.05, 0.1) is 5.75 Å². The van der Waals surface area contributed by atoms with Crippen molar-refractivity contribution in [3.63, 3.8) is 0 Å². The van der Waals surface area contributed by atoms with Gasteiger partial charge in [0.2, 0.25) is 10.0 Å². The molecule has 2 heterocycles. The minimum Gasteiger partial charge on any atom is -0.349 e. The Kier molecular flexibility index (Phi) is 5.22. The van der Waals surface area contributed by atoms with Crippen LogP contribution in [0.4, 0.5) is 0 Å². The second kappa shape index (κ2) is 7.21. The third-order valence-electron chi connectivity index (χ3n) is 4.74. The molecular formula is C17H25N3O3S. The number of hydrogen-bond acceptors (Lipinski definition) is 4. The minimum absolute atomic E-state index is 0.0388. The van der Waals surface area contributed by atoms with Crippen LogP contribution in [0.3, 0.4) is 0 Å². The first-order valence-corrected chi connectivity index (χ1v) is 10.2. The highest BCUT2D eigenvalue weighted by molar-refractivity contribution is 7.89. The smallest absolute Gasteiger partial charge is 0.251 e. The van der Waals surface area contributed by atoms with Crippen molar-refractivity contribution in [2.24, 2.45) is 0 Å². The van der Waals surface area contributed by atoms with Crippen LogP contribution in [-0.2, 0) is 23.1 Å². The van der Waals surface area contributed by atoms with Crippen molar-refractivity contribution in [1.29, 1.82) is 0 Å². The fourth-order valence-electron chi connectivity index (χ4n) is 3.37. The van der Waals surface area contributed by atoms with Crippen LogP contribution in [0.25, 0.3) is 0 Å². The van der Waals surface area contributed by atoms with Crippen LogP contribution < -0.4 is 10.6 Å². The minimum atomic E-state index is -3.13. The predicted octanol–water partition coefficient (Wildman–Crippen LogP) is 1.22. The second-order valence-corrected chi connectivity index (χ2v) is 8.64. The summed E-state index contributed by atoms with van der Waals surface area (Å²) in [6, 6.07) is 5.86. The van der Waals surface area contributed by atoms with E-state index in [4.69, 9.17) is 0 Å². The highest BCUT2D eigenvalue weighted by Crippen LogP contribution is 2.19. The number of fused-ring (bicyclic) bond motifs is 1. The third kappa shape index (κ3) is 3.79. The van der Waals surface area contributed by atoms with Gasteiger partial charge in [0.15, 0.2) is 0 Å². The molecule has 2 N–H and O–H groups in total. The van der Waals surface area contributed by atoms with Crippen molar-refractivity contribution < 1.29 is 13.2 Å². The van der Waals surface area contributed by atoms with Crippen LogP contribution in [0.1, 0.15) is 47.7 Å². The van der Waals surface area contributed by atoms with E-state index in [1.54, 1.807) is 4.31 Å². The fraction of sp³-hybridized carbons (Fsp3) is 0.588. The molecule has 2 aliphatic rings. The first-order chi connectivity index (χ1) is 11.5. The largest absolute Gasteiger partial charge is 0.349 e. The topological polar surface area (TPSA) is 78.5 Å². The van der Waals surface area contributed by atoms with Crippen molar-refractivity contribution in [3.8, 4) is 0 Å². The zero-order valence-corrected chi connectivity index (χ0v) is 14.9. The second-order valence-electron chi connectivity index (χ2n) is 6.55. The van der Waals surface area contributed by atoms with Crippen LogP contribution in [0.5, 0.6) is 0 Å². The fourth-order valence-corrected chi connectivity index (χ4v) is 4.91. The van der Waals surface area contributed by atoms with Gasteiger partial charge in [0, 0.05) is 37.8 Å². The third-order valence-corrected chi connectivity index (χ3v) is 6.82. The molecule has 1 aromatic rings. The monoisotopic (exact) mass is 351 g/mol. The molecule has 1 fully saturated rings. The van der Waals surface area contributed by atoms with Gasteiger partial charge in [-0.15, -0.1) is 0 Å². The molecule has 0 unspecified atom stereocenters. The number of piperidine rings is 1. The quantitative estimate of drug-likeness (QED) is 0.836. The number of rotatable bonds is 5. The molecule has 132 valence electrons. The van der Waals surface area contributed by atoms with Gasteiger partial charge in [-0.05, 0) is 42.5 Å². The number of benzene rings is 1. The average molecular weight is 351 g/mol. The number of sulfonamides is 1. The molecule has 1 aromatic carbocycles. The Morgan fingerprint density at radius 3 is 2.67 bits per heavy atom. The van der Waals surface area contributed by atoms with Crippen molar-refractivity contribution in [2.45, 2.75) is 45.3 Å². The molecule has 0 aliphatic carbocycles. The van der Waals surface area contributed by atoms with E-state index in [0.29, 0.717) is 37.9 Å². The molecule has 0 saturated carbocycles. The maximum Gasteiger partial charge on any atom is 0.251 e. The van der Waals surface area contributed by atoms with Crippen LogP contribution in [0, 0.1) is 0 Å². The normalized spacial score (nSPS) is 19.2. The van der Waals surface area contributed by atoms with E-state index in [9.17, 15) is 13.2 Å². The number of carbonyl (C=O) groups excluding carboxylic acids is 1. The Balaban J connectivity index is 1.55. The summed E-state index contributed by atoms with van der Waals surface area (Å²) >= 11 is 0. The summed E-state index contributed by atoms with van der Waals surface area (Å²) in [7, 11) is -3.13.